The Morgan fingerprint density at radius 2 is 2.04 bits per heavy atom. The van der Waals surface area contributed by atoms with Gasteiger partial charge in [0.2, 0.25) is 0 Å². The van der Waals surface area contributed by atoms with Crippen molar-refractivity contribution >= 4 is 41.7 Å². The van der Waals surface area contributed by atoms with E-state index in [9.17, 15) is 4.39 Å². The maximum absolute atomic E-state index is 13.6. The minimum Gasteiger partial charge on any atom is -0.486 e. The first kappa shape index (κ1) is 23.3. The molecular formula is C18H29FIN3O2S. The van der Waals surface area contributed by atoms with Crippen LogP contribution in [0.25, 0.3) is 0 Å². The normalized spacial score (nSPS) is 17.8. The fraction of sp³-hybridized carbons (Fsp3) is 0.611. The summed E-state index contributed by atoms with van der Waals surface area (Å²) in [7, 11) is 1.74. The second kappa shape index (κ2) is 11.9. The van der Waals surface area contributed by atoms with Gasteiger partial charge in [0.05, 0.1) is 6.54 Å². The summed E-state index contributed by atoms with van der Waals surface area (Å²) >= 11 is 1.88. The van der Waals surface area contributed by atoms with Crippen LogP contribution in [0.15, 0.2) is 29.3 Å². The second-order valence-corrected chi connectivity index (χ2v) is 7.44. The third kappa shape index (κ3) is 7.11. The smallest absolute Gasteiger partial charge is 0.191 e. The zero-order valence-corrected chi connectivity index (χ0v) is 18.7. The molecule has 8 heteroatoms. The Labute approximate surface area is 176 Å². The molecule has 0 aromatic heterocycles. The van der Waals surface area contributed by atoms with E-state index in [2.05, 4.69) is 21.9 Å². The molecule has 0 bridgehead atoms. The first-order valence-electron chi connectivity index (χ1n) is 8.57. The van der Waals surface area contributed by atoms with Crippen LogP contribution in [0.4, 0.5) is 4.39 Å². The number of halogens is 2. The van der Waals surface area contributed by atoms with Crippen molar-refractivity contribution in [3.63, 3.8) is 0 Å². The van der Waals surface area contributed by atoms with Crippen molar-refractivity contribution in [2.24, 2.45) is 4.99 Å². The molecule has 5 nitrogen and oxygen atoms in total. The van der Waals surface area contributed by atoms with Gasteiger partial charge >= 0.3 is 0 Å². The van der Waals surface area contributed by atoms with Crippen LogP contribution in [0.1, 0.15) is 19.8 Å². The molecule has 1 aromatic rings. The van der Waals surface area contributed by atoms with Crippen molar-refractivity contribution in [2.75, 3.05) is 39.6 Å². The number of guanidine groups is 1. The van der Waals surface area contributed by atoms with Gasteiger partial charge in [-0.25, -0.2) is 4.39 Å². The van der Waals surface area contributed by atoms with Crippen molar-refractivity contribution in [2.45, 2.75) is 30.6 Å². The summed E-state index contributed by atoms with van der Waals surface area (Å²) in [5.41, 5.74) is 0. The number of nitrogens with zero attached hydrogens (tertiary/aromatic N) is 1. The number of rotatable bonds is 7. The largest absolute Gasteiger partial charge is 0.486 e. The number of ether oxygens (including phenoxy) is 2. The highest BCUT2D eigenvalue weighted by molar-refractivity contribution is 14.0. The average molecular weight is 497 g/mol. The second-order valence-electron chi connectivity index (χ2n) is 6.17. The van der Waals surface area contributed by atoms with Gasteiger partial charge in [-0.1, -0.05) is 12.1 Å². The van der Waals surface area contributed by atoms with E-state index in [0.717, 1.165) is 38.6 Å². The first-order valence-corrected chi connectivity index (χ1v) is 9.79. The number of hydrogen-bond donors (Lipinski definition) is 2. The molecule has 0 spiro atoms. The zero-order valence-electron chi connectivity index (χ0n) is 15.6. The van der Waals surface area contributed by atoms with E-state index in [4.69, 9.17) is 9.47 Å². The predicted octanol–water partition coefficient (Wildman–Crippen LogP) is 3.29. The Balaban J connectivity index is 0.00000338. The van der Waals surface area contributed by atoms with Crippen molar-refractivity contribution in [1.82, 2.24) is 10.6 Å². The summed E-state index contributed by atoms with van der Waals surface area (Å²) in [5.74, 6) is 0.644. The molecule has 148 valence electrons. The summed E-state index contributed by atoms with van der Waals surface area (Å²) in [6.45, 7) is 4.88. The monoisotopic (exact) mass is 497 g/mol. The quantitative estimate of drug-likeness (QED) is 0.344. The summed E-state index contributed by atoms with van der Waals surface area (Å²) in [5, 5.41) is 6.64. The molecule has 1 aliphatic rings. The van der Waals surface area contributed by atoms with Crippen LogP contribution >= 0.6 is 35.7 Å². The summed E-state index contributed by atoms with van der Waals surface area (Å²) in [6.07, 6.45) is 4.02. The van der Waals surface area contributed by atoms with Gasteiger partial charge in [0.15, 0.2) is 17.5 Å². The van der Waals surface area contributed by atoms with Crippen LogP contribution in [-0.2, 0) is 4.74 Å². The summed E-state index contributed by atoms with van der Waals surface area (Å²) in [6, 6.07) is 6.43. The van der Waals surface area contributed by atoms with Gasteiger partial charge in [0.1, 0.15) is 6.10 Å². The fourth-order valence-electron chi connectivity index (χ4n) is 2.70. The van der Waals surface area contributed by atoms with E-state index in [1.807, 2.05) is 18.7 Å². The van der Waals surface area contributed by atoms with Gasteiger partial charge in [0, 0.05) is 31.6 Å². The molecule has 0 aliphatic carbocycles. The van der Waals surface area contributed by atoms with Gasteiger partial charge in [0.25, 0.3) is 0 Å². The van der Waals surface area contributed by atoms with Crippen LogP contribution in [0.3, 0.4) is 0 Å². The van der Waals surface area contributed by atoms with Gasteiger partial charge in [-0.15, -0.1) is 24.0 Å². The molecule has 1 aliphatic heterocycles. The number of thioether (sulfide) groups is 1. The topological polar surface area (TPSA) is 54.9 Å². The molecule has 1 atom stereocenters. The molecule has 0 amide bonds. The first-order chi connectivity index (χ1) is 12.1. The Hall–Kier alpha value is -0.740. The molecule has 1 heterocycles. The van der Waals surface area contributed by atoms with Crippen LogP contribution in [-0.4, -0.2) is 56.4 Å². The molecule has 0 radical (unpaired) electrons. The zero-order chi connectivity index (χ0) is 18.1. The van der Waals surface area contributed by atoms with Gasteiger partial charge in [-0.3, -0.25) is 4.99 Å². The lowest BCUT2D eigenvalue weighted by Gasteiger charge is -2.36. The number of para-hydroxylation sites is 1. The maximum Gasteiger partial charge on any atom is 0.191 e. The summed E-state index contributed by atoms with van der Waals surface area (Å²) in [4.78, 5) is 4.26. The van der Waals surface area contributed by atoms with E-state index >= 15 is 0 Å². The number of hydrogen-bond acceptors (Lipinski definition) is 4. The Morgan fingerprint density at radius 3 is 2.65 bits per heavy atom. The predicted molar refractivity (Wildman–Crippen MR) is 118 cm³/mol. The maximum atomic E-state index is 13.6. The molecule has 1 unspecified atom stereocenters. The molecule has 0 saturated carbocycles. The van der Waals surface area contributed by atoms with Crippen LogP contribution in [0, 0.1) is 5.82 Å². The third-order valence-corrected chi connectivity index (χ3v) is 5.78. The van der Waals surface area contributed by atoms with E-state index in [0.29, 0.717) is 6.54 Å². The lowest BCUT2D eigenvalue weighted by Crippen LogP contribution is -2.49. The lowest BCUT2D eigenvalue weighted by atomic mass is 9.99. The van der Waals surface area contributed by atoms with Gasteiger partial charge < -0.3 is 20.1 Å². The Kier molecular flexibility index (Phi) is 10.6. The molecular weight excluding hydrogens is 468 g/mol. The highest BCUT2D eigenvalue weighted by atomic mass is 127. The number of nitrogens with one attached hydrogen (secondary N) is 2. The molecule has 2 rings (SSSR count). The number of benzene rings is 1. The molecule has 1 aromatic carbocycles. The van der Waals surface area contributed by atoms with Crippen molar-refractivity contribution in [1.29, 1.82) is 0 Å². The molecule has 1 saturated heterocycles. The Morgan fingerprint density at radius 1 is 1.35 bits per heavy atom. The highest BCUT2D eigenvalue weighted by Gasteiger charge is 2.31. The third-order valence-electron chi connectivity index (χ3n) is 4.36. The van der Waals surface area contributed by atoms with Crippen molar-refractivity contribution < 1.29 is 13.9 Å². The minimum atomic E-state index is -0.349. The van der Waals surface area contributed by atoms with Crippen LogP contribution in [0.5, 0.6) is 5.75 Å². The van der Waals surface area contributed by atoms with Gasteiger partial charge in [-0.2, -0.15) is 11.8 Å². The summed E-state index contributed by atoms with van der Waals surface area (Å²) < 4.78 is 24.9. The van der Waals surface area contributed by atoms with E-state index in [1.54, 1.807) is 25.2 Å². The standard InChI is InChI=1S/C18H28FN3O2S.HI/c1-14(24-16-7-5-4-6-15(16)19)12-21-17(20-2)22-13-18(25-3)8-10-23-11-9-18;/h4-7,14H,8-13H2,1-3H3,(H2,20,21,22);1H. The van der Waals surface area contributed by atoms with E-state index in [-0.39, 0.29) is 46.4 Å². The Bertz CT molecular complexity index is 571. The van der Waals surface area contributed by atoms with Gasteiger partial charge in [-0.05, 0) is 38.2 Å². The van der Waals surface area contributed by atoms with Crippen molar-refractivity contribution in [3.05, 3.63) is 30.1 Å². The fourth-order valence-corrected chi connectivity index (χ4v) is 3.49. The molecule has 1 fully saturated rings. The molecule has 26 heavy (non-hydrogen) atoms. The van der Waals surface area contributed by atoms with Crippen molar-refractivity contribution in [3.8, 4) is 5.75 Å². The van der Waals surface area contributed by atoms with E-state index in [1.165, 1.54) is 6.07 Å². The van der Waals surface area contributed by atoms with Crippen LogP contribution in [0.2, 0.25) is 0 Å². The van der Waals surface area contributed by atoms with E-state index < -0.39 is 0 Å². The highest BCUT2D eigenvalue weighted by Crippen LogP contribution is 2.32. The van der Waals surface area contributed by atoms with Crippen LogP contribution < -0.4 is 15.4 Å². The average Bonchev–Trinajstić information content (AvgIpc) is 2.64. The lowest BCUT2D eigenvalue weighted by molar-refractivity contribution is 0.0782. The SMILES string of the molecule is CN=C(NCC(C)Oc1ccccc1F)NCC1(SC)CCOCC1.I. The molecule has 2 N–H and O–H groups in total. The number of aliphatic imine (C=N–C) groups is 1. The minimum absolute atomic E-state index is 0.